The van der Waals surface area contributed by atoms with Crippen molar-refractivity contribution in [2.24, 2.45) is 10.9 Å². The number of fused-ring (bicyclic) bond motifs is 1. The number of benzene rings is 1. The standard InChI is InChI=1S/C19H27N3O3S2/c1-5-21(6-2)14-7-9-15(10-8-14)22-16-11-27(24,25)12-17(16)26-19(22)20-18(23)13(3)4/h7-10,13,16-17H,5-6,11-12H2,1-4H3/t16-,17-/m1/s1. The van der Waals surface area contributed by atoms with Crippen LogP contribution in [0.4, 0.5) is 11.4 Å². The Kier molecular flexibility index (Phi) is 5.86. The lowest BCUT2D eigenvalue weighted by atomic mass is 10.2. The van der Waals surface area contributed by atoms with E-state index in [-0.39, 0.29) is 34.6 Å². The van der Waals surface area contributed by atoms with Crippen molar-refractivity contribution in [3.05, 3.63) is 24.3 Å². The molecule has 1 amide bonds. The van der Waals surface area contributed by atoms with Gasteiger partial charge in [-0.05, 0) is 38.1 Å². The highest BCUT2D eigenvalue weighted by Crippen LogP contribution is 2.41. The summed E-state index contributed by atoms with van der Waals surface area (Å²) in [7, 11) is -3.05. The van der Waals surface area contributed by atoms with Crippen LogP contribution in [0.25, 0.3) is 0 Å². The van der Waals surface area contributed by atoms with E-state index >= 15 is 0 Å². The first-order chi connectivity index (χ1) is 12.8. The van der Waals surface area contributed by atoms with Crippen molar-refractivity contribution in [3.63, 3.8) is 0 Å². The molecule has 0 bridgehead atoms. The maximum Gasteiger partial charge on any atom is 0.250 e. The molecule has 27 heavy (non-hydrogen) atoms. The predicted molar refractivity (Wildman–Crippen MR) is 114 cm³/mol. The molecule has 0 unspecified atom stereocenters. The molecule has 6 nitrogen and oxygen atoms in total. The highest BCUT2D eigenvalue weighted by atomic mass is 32.2. The summed E-state index contributed by atoms with van der Waals surface area (Å²) < 4.78 is 24.3. The number of carbonyl (C=O) groups excluding carboxylic acids is 1. The van der Waals surface area contributed by atoms with Gasteiger partial charge in [-0.2, -0.15) is 4.99 Å². The van der Waals surface area contributed by atoms with Crippen LogP contribution in [0.5, 0.6) is 0 Å². The van der Waals surface area contributed by atoms with E-state index in [4.69, 9.17) is 0 Å². The molecule has 2 fully saturated rings. The maximum atomic E-state index is 12.2. The number of nitrogens with zero attached hydrogens (tertiary/aromatic N) is 3. The molecule has 2 aliphatic rings. The molecular weight excluding hydrogens is 382 g/mol. The number of rotatable bonds is 5. The molecular formula is C19H27N3O3S2. The minimum Gasteiger partial charge on any atom is -0.372 e. The van der Waals surface area contributed by atoms with Crippen LogP contribution in [0, 0.1) is 5.92 Å². The molecule has 0 aromatic heterocycles. The van der Waals surface area contributed by atoms with E-state index in [2.05, 4.69) is 23.7 Å². The van der Waals surface area contributed by atoms with Crippen LogP contribution in [-0.2, 0) is 14.6 Å². The Morgan fingerprint density at radius 1 is 1.22 bits per heavy atom. The molecule has 2 atom stereocenters. The largest absolute Gasteiger partial charge is 0.372 e. The summed E-state index contributed by atoms with van der Waals surface area (Å²) in [5.41, 5.74) is 2.02. The van der Waals surface area contributed by atoms with Crippen molar-refractivity contribution in [2.75, 3.05) is 34.4 Å². The predicted octanol–water partition coefficient (Wildman–Crippen LogP) is 2.79. The lowest BCUT2D eigenvalue weighted by Crippen LogP contribution is -2.37. The Balaban J connectivity index is 1.96. The van der Waals surface area contributed by atoms with Gasteiger partial charge >= 0.3 is 0 Å². The molecule has 0 aliphatic carbocycles. The molecule has 8 heteroatoms. The first-order valence-corrected chi connectivity index (χ1v) is 12.1. The van der Waals surface area contributed by atoms with E-state index in [1.54, 1.807) is 0 Å². The van der Waals surface area contributed by atoms with Crippen LogP contribution in [0.15, 0.2) is 29.3 Å². The van der Waals surface area contributed by atoms with E-state index in [9.17, 15) is 13.2 Å². The fourth-order valence-electron chi connectivity index (χ4n) is 3.50. The van der Waals surface area contributed by atoms with Crippen LogP contribution in [0.2, 0.25) is 0 Å². The summed E-state index contributed by atoms with van der Waals surface area (Å²) in [5, 5.41) is 0.547. The van der Waals surface area contributed by atoms with E-state index < -0.39 is 9.84 Å². The Morgan fingerprint density at radius 2 is 1.85 bits per heavy atom. The van der Waals surface area contributed by atoms with Crippen molar-refractivity contribution in [1.29, 1.82) is 0 Å². The molecule has 2 saturated heterocycles. The first kappa shape index (κ1) is 20.2. The summed E-state index contributed by atoms with van der Waals surface area (Å²) in [6, 6.07) is 7.92. The van der Waals surface area contributed by atoms with Gasteiger partial charge in [0.1, 0.15) is 0 Å². The Bertz CT molecular complexity index is 830. The quantitative estimate of drug-likeness (QED) is 0.745. The number of anilines is 2. The molecule has 0 N–H and O–H groups in total. The van der Waals surface area contributed by atoms with Crippen LogP contribution < -0.4 is 9.80 Å². The van der Waals surface area contributed by atoms with E-state index in [1.807, 2.05) is 43.0 Å². The highest BCUT2D eigenvalue weighted by molar-refractivity contribution is 8.16. The van der Waals surface area contributed by atoms with Gasteiger partial charge in [0.05, 0.1) is 17.5 Å². The summed E-state index contributed by atoms with van der Waals surface area (Å²) in [6.45, 7) is 9.72. The summed E-state index contributed by atoms with van der Waals surface area (Å²) >= 11 is 1.42. The second-order valence-corrected chi connectivity index (χ2v) is 10.6. The lowest BCUT2D eigenvalue weighted by molar-refractivity contribution is -0.120. The van der Waals surface area contributed by atoms with Crippen molar-refractivity contribution in [1.82, 2.24) is 0 Å². The third kappa shape index (κ3) is 4.16. The first-order valence-electron chi connectivity index (χ1n) is 9.39. The maximum absolute atomic E-state index is 12.2. The summed E-state index contributed by atoms with van der Waals surface area (Å²) in [4.78, 5) is 20.7. The molecule has 2 heterocycles. The number of amidine groups is 1. The van der Waals surface area contributed by atoms with E-state index in [0.29, 0.717) is 5.17 Å². The van der Waals surface area contributed by atoms with Crippen molar-refractivity contribution < 1.29 is 13.2 Å². The minimum absolute atomic E-state index is 0.0730. The fraction of sp³-hybridized carbons (Fsp3) is 0.579. The summed E-state index contributed by atoms with van der Waals surface area (Å²) in [5.74, 6) is -0.109. The van der Waals surface area contributed by atoms with Crippen molar-refractivity contribution >= 4 is 44.0 Å². The minimum atomic E-state index is -3.05. The van der Waals surface area contributed by atoms with Crippen molar-refractivity contribution in [3.8, 4) is 0 Å². The van der Waals surface area contributed by atoms with Crippen molar-refractivity contribution in [2.45, 2.75) is 39.0 Å². The van der Waals surface area contributed by atoms with Gasteiger partial charge in [0.25, 0.3) is 5.91 Å². The number of aliphatic imine (C=N–C) groups is 1. The lowest BCUT2D eigenvalue weighted by Gasteiger charge is -2.26. The molecule has 2 aliphatic heterocycles. The topological polar surface area (TPSA) is 70.0 Å². The number of amides is 1. The Labute approximate surface area is 165 Å². The zero-order chi connectivity index (χ0) is 19.8. The zero-order valence-electron chi connectivity index (χ0n) is 16.3. The monoisotopic (exact) mass is 409 g/mol. The Hall–Kier alpha value is -1.54. The second-order valence-electron chi connectivity index (χ2n) is 7.25. The van der Waals surface area contributed by atoms with E-state index in [1.165, 1.54) is 11.8 Å². The fourth-order valence-corrected chi connectivity index (χ4v) is 7.42. The average Bonchev–Trinajstić information content (AvgIpc) is 3.07. The molecule has 1 aromatic carbocycles. The van der Waals surface area contributed by atoms with Gasteiger partial charge in [-0.15, -0.1) is 0 Å². The van der Waals surface area contributed by atoms with Crippen LogP contribution in [0.1, 0.15) is 27.7 Å². The average molecular weight is 410 g/mol. The van der Waals surface area contributed by atoms with Gasteiger partial charge in [0, 0.05) is 35.6 Å². The molecule has 0 saturated carbocycles. The number of thioether (sulfide) groups is 1. The summed E-state index contributed by atoms with van der Waals surface area (Å²) in [6.07, 6.45) is 0. The third-order valence-corrected chi connectivity index (χ3v) is 8.23. The van der Waals surface area contributed by atoms with Crippen LogP contribution in [0.3, 0.4) is 0 Å². The SMILES string of the molecule is CCN(CC)c1ccc(N2C(=NC(=O)C(C)C)S[C@@H]3CS(=O)(=O)C[C@H]32)cc1. The van der Waals surface area contributed by atoms with Gasteiger partial charge in [-0.3, -0.25) is 4.79 Å². The molecule has 3 rings (SSSR count). The normalized spacial score (nSPS) is 25.2. The zero-order valence-corrected chi connectivity index (χ0v) is 17.9. The molecule has 148 valence electrons. The number of hydrogen-bond acceptors (Lipinski definition) is 5. The second kappa shape index (κ2) is 7.83. The van der Waals surface area contributed by atoms with E-state index in [0.717, 1.165) is 24.5 Å². The highest BCUT2D eigenvalue weighted by Gasteiger charge is 2.49. The van der Waals surface area contributed by atoms with Crippen LogP contribution >= 0.6 is 11.8 Å². The molecule has 0 radical (unpaired) electrons. The number of sulfone groups is 1. The van der Waals surface area contributed by atoms with Gasteiger partial charge in [-0.1, -0.05) is 25.6 Å². The Morgan fingerprint density at radius 3 is 2.41 bits per heavy atom. The van der Waals surface area contributed by atoms with Gasteiger partial charge < -0.3 is 9.80 Å². The number of hydrogen-bond donors (Lipinski definition) is 0. The molecule has 1 aromatic rings. The smallest absolute Gasteiger partial charge is 0.250 e. The van der Waals surface area contributed by atoms with Gasteiger partial charge in [0.15, 0.2) is 15.0 Å². The third-order valence-electron chi connectivity index (χ3n) is 5.02. The number of carbonyl (C=O) groups is 1. The van der Waals surface area contributed by atoms with Gasteiger partial charge in [0.2, 0.25) is 0 Å². The van der Waals surface area contributed by atoms with Crippen LogP contribution in [-0.4, -0.2) is 55.4 Å². The molecule has 0 spiro atoms. The van der Waals surface area contributed by atoms with Gasteiger partial charge in [-0.25, -0.2) is 8.42 Å².